The van der Waals surface area contributed by atoms with Gasteiger partial charge in [0.05, 0.1) is 23.5 Å². The fourth-order valence-electron chi connectivity index (χ4n) is 1.67. The van der Waals surface area contributed by atoms with Crippen LogP contribution in [0.5, 0.6) is 0 Å². The minimum absolute atomic E-state index is 0.374. The molecule has 0 aliphatic heterocycles. The van der Waals surface area contributed by atoms with Crippen LogP contribution >= 0.6 is 0 Å². The SMILES string of the molecule is Cc1cnn(-c2ccc(CC(C)C(=O)O)cc2)n1. The summed E-state index contributed by atoms with van der Waals surface area (Å²) in [6.07, 6.45) is 2.22. The van der Waals surface area contributed by atoms with Gasteiger partial charge in [-0.2, -0.15) is 15.0 Å². The van der Waals surface area contributed by atoms with Crippen LogP contribution in [0.2, 0.25) is 0 Å². The molecule has 0 fully saturated rings. The summed E-state index contributed by atoms with van der Waals surface area (Å²) < 4.78 is 0. The van der Waals surface area contributed by atoms with E-state index < -0.39 is 5.97 Å². The molecule has 1 unspecified atom stereocenters. The fraction of sp³-hybridized carbons (Fsp3) is 0.308. The van der Waals surface area contributed by atoms with E-state index in [1.165, 1.54) is 0 Å². The van der Waals surface area contributed by atoms with Crippen molar-refractivity contribution in [3.05, 3.63) is 41.7 Å². The molecule has 0 bridgehead atoms. The first kappa shape index (κ1) is 12.3. The maximum Gasteiger partial charge on any atom is 0.306 e. The molecule has 2 rings (SSSR count). The minimum Gasteiger partial charge on any atom is -0.481 e. The van der Waals surface area contributed by atoms with E-state index in [1.807, 2.05) is 31.2 Å². The van der Waals surface area contributed by atoms with Crippen molar-refractivity contribution in [3.8, 4) is 5.69 Å². The van der Waals surface area contributed by atoms with Crippen molar-refractivity contribution < 1.29 is 9.90 Å². The zero-order chi connectivity index (χ0) is 13.1. The summed E-state index contributed by atoms with van der Waals surface area (Å²) in [6.45, 7) is 3.58. The Hall–Kier alpha value is -2.17. The van der Waals surface area contributed by atoms with Gasteiger partial charge in [-0.1, -0.05) is 19.1 Å². The molecule has 0 radical (unpaired) electrons. The second kappa shape index (κ2) is 5.00. The molecule has 2 aromatic rings. The Morgan fingerprint density at radius 1 is 1.39 bits per heavy atom. The van der Waals surface area contributed by atoms with Crippen molar-refractivity contribution in [3.63, 3.8) is 0 Å². The molecule has 5 heteroatoms. The van der Waals surface area contributed by atoms with Crippen molar-refractivity contribution in [1.82, 2.24) is 15.0 Å². The molecule has 94 valence electrons. The van der Waals surface area contributed by atoms with E-state index in [4.69, 9.17) is 5.11 Å². The number of aromatic nitrogens is 3. The van der Waals surface area contributed by atoms with Gasteiger partial charge in [-0.05, 0) is 31.0 Å². The highest BCUT2D eigenvalue weighted by Crippen LogP contribution is 2.12. The molecular formula is C13H15N3O2. The number of carboxylic acids is 1. The van der Waals surface area contributed by atoms with Crippen molar-refractivity contribution in [2.75, 3.05) is 0 Å². The summed E-state index contributed by atoms with van der Waals surface area (Å²) >= 11 is 0. The minimum atomic E-state index is -0.775. The number of nitrogens with zero attached hydrogens (tertiary/aromatic N) is 3. The van der Waals surface area contributed by atoms with Gasteiger partial charge in [0.15, 0.2) is 0 Å². The molecule has 0 saturated carbocycles. The van der Waals surface area contributed by atoms with E-state index in [1.54, 1.807) is 17.9 Å². The van der Waals surface area contributed by atoms with Gasteiger partial charge in [-0.15, -0.1) is 0 Å². The molecule has 18 heavy (non-hydrogen) atoms. The molecule has 0 spiro atoms. The number of carboxylic acid groups (broad SMARTS) is 1. The van der Waals surface area contributed by atoms with Gasteiger partial charge in [-0.3, -0.25) is 4.79 Å². The van der Waals surface area contributed by atoms with Gasteiger partial charge in [0.25, 0.3) is 0 Å². The number of carbonyl (C=O) groups is 1. The number of hydrogen-bond donors (Lipinski definition) is 1. The summed E-state index contributed by atoms with van der Waals surface area (Å²) in [5, 5.41) is 17.2. The van der Waals surface area contributed by atoms with Crippen LogP contribution in [-0.2, 0) is 11.2 Å². The Morgan fingerprint density at radius 3 is 2.56 bits per heavy atom. The van der Waals surface area contributed by atoms with E-state index in [0.717, 1.165) is 16.9 Å². The molecule has 0 amide bonds. The highest BCUT2D eigenvalue weighted by Gasteiger charge is 2.11. The maximum absolute atomic E-state index is 10.8. The van der Waals surface area contributed by atoms with Gasteiger partial charge < -0.3 is 5.11 Å². The average molecular weight is 245 g/mol. The van der Waals surface area contributed by atoms with Crippen LogP contribution in [0.3, 0.4) is 0 Å². The van der Waals surface area contributed by atoms with E-state index >= 15 is 0 Å². The molecule has 1 atom stereocenters. The van der Waals surface area contributed by atoms with Crippen LogP contribution in [0.1, 0.15) is 18.2 Å². The summed E-state index contributed by atoms with van der Waals surface area (Å²) in [7, 11) is 0. The van der Waals surface area contributed by atoms with Gasteiger partial charge in [-0.25, -0.2) is 0 Å². The Kier molecular flexibility index (Phi) is 3.41. The lowest BCUT2D eigenvalue weighted by atomic mass is 10.0. The van der Waals surface area contributed by atoms with Gasteiger partial charge in [0, 0.05) is 0 Å². The summed E-state index contributed by atoms with van der Waals surface area (Å²) in [5.41, 5.74) is 2.73. The van der Waals surface area contributed by atoms with Crippen molar-refractivity contribution in [2.45, 2.75) is 20.3 Å². The molecular weight excluding hydrogens is 230 g/mol. The normalized spacial score (nSPS) is 12.3. The largest absolute Gasteiger partial charge is 0.481 e. The van der Waals surface area contributed by atoms with Crippen molar-refractivity contribution in [2.24, 2.45) is 5.92 Å². The third-order valence-electron chi connectivity index (χ3n) is 2.74. The zero-order valence-corrected chi connectivity index (χ0v) is 10.4. The van der Waals surface area contributed by atoms with E-state index in [9.17, 15) is 4.79 Å². The lowest BCUT2D eigenvalue weighted by Gasteiger charge is -2.06. The predicted molar refractivity (Wildman–Crippen MR) is 66.6 cm³/mol. The Balaban J connectivity index is 2.13. The van der Waals surface area contributed by atoms with Crippen LogP contribution in [0, 0.1) is 12.8 Å². The smallest absolute Gasteiger partial charge is 0.306 e. The summed E-state index contributed by atoms with van der Waals surface area (Å²) in [5.74, 6) is -1.15. The van der Waals surface area contributed by atoms with E-state index in [2.05, 4.69) is 10.2 Å². The quantitative estimate of drug-likeness (QED) is 0.892. The molecule has 1 aromatic carbocycles. The van der Waals surface area contributed by atoms with Crippen molar-refractivity contribution in [1.29, 1.82) is 0 Å². The first-order chi connectivity index (χ1) is 8.56. The fourth-order valence-corrected chi connectivity index (χ4v) is 1.67. The van der Waals surface area contributed by atoms with Crippen LogP contribution < -0.4 is 0 Å². The highest BCUT2D eigenvalue weighted by atomic mass is 16.4. The second-order valence-electron chi connectivity index (χ2n) is 4.39. The summed E-state index contributed by atoms with van der Waals surface area (Å²) in [4.78, 5) is 12.3. The Bertz CT molecular complexity index is 546. The zero-order valence-electron chi connectivity index (χ0n) is 10.4. The molecule has 0 saturated heterocycles. The second-order valence-corrected chi connectivity index (χ2v) is 4.39. The topological polar surface area (TPSA) is 68.0 Å². The number of aryl methyl sites for hydroxylation is 1. The molecule has 1 heterocycles. The first-order valence-corrected chi connectivity index (χ1v) is 5.77. The van der Waals surface area contributed by atoms with Gasteiger partial charge >= 0.3 is 5.97 Å². The standard InChI is InChI=1S/C13H15N3O2/c1-9(13(17)18)7-11-3-5-12(6-4-11)16-14-8-10(2)15-16/h3-6,8-9H,7H2,1-2H3,(H,17,18). The lowest BCUT2D eigenvalue weighted by Crippen LogP contribution is -2.12. The van der Waals surface area contributed by atoms with E-state index in [-0.39, 0.29) is 5.92 Å². The number of benzene rings is 1. The first-order valence-electron chi connectivity index (χ1n) is 5.77. The van der Waals surface area contributed by atoms with Crippen LogP contribution in [-0.4, -0.2) is 26.1 Å². The Morgan fingerprint density at radius 2 is 2.06 bits per heavy atom. The maximum atomic E-state index is 10.8. The van der Waals surface area contributed by atoms with Gasteiger partial charge in [0.1, 0.15) is 0 Å². The number of aliphatic carboxylic acids is 1. The third-order valence-corrected chi connectivity index (χ3v) is 2.74. The van der Waals surface area contributed by atoms with Crippen LogP contribution in [0.4, 0.5) is 0 Å². The molecule has 1 N–H and O–H groups in total. The molecule has 0 aliphatic carbocycles. The average Bonchev–Trinajstić information content (AvgIpc) is 2.76. The van der Waals surface area contributed by atoms with Gasteiger partial charge in [0.2, 0.25) is 0 Å². The predicted octanol–water partition coefficient (Wildman–Crippen LogP) is 1.84. The van der Waals surface area contributed by atoms with E-state index in [0.29, 0.717) is 6.42 Å². The van der Waals surface area contributed by atoms with Crippen LogP contribution in [0.15, 0.2) is 30.5 Å². The number of hydrogen-bond acceptors (Lipinski definition) is 3. The monoisotopic (exact) mass is 245 g/mol. The molecule has 1 aromatic heterocycles. The third kappa shape index (κ3) is 2.74. The summed E-state index contributed by atoms with van der Waals surface area (Å²) in [6, 6.07) is 7.60. The molecule has 5 nitrogen and oxygen atoms in total. The van der Waals surface area contributed by atoms with Crippen LogP contribution in [0.25, 0.3) is 5.69 Å². The lowest BCUT2D eigenvalue weighted by molar-refractivity contribution is -0.141. The molecule has 0 aliphatic rings. The number of rotatable bonds is 4. The Labute approximate surface area is 105 Å². The highest BCUT2D eigenvalue weighted by molar-refractivity contribution is 5.69. The van der Waals surface area contributed by atoms with Crippen molar-refractivity contribution >= 4 is 5.97 Å².